The highest BCUT2D eigenvalue weighted by Crippen LogP contribution is 2.33. The van der Waals surface area contributed by atoms with Gasteiger partial charge in [-0.25, -0.2) is 0 Å². The summed E-state index contributed by atoms with van der Waals surface area (Å²) in [6.45, 7) is 1.81. The highest BCUT2D eigenvalue weighted by Gasteiger charge is 2.35. The zero-order valence-corrected chi connectivity index (χ0v) is 11.6. The minimum absolute atomic E-state index is 0.346. The fourth-order valence-corrected chi connectivity index (χ4v) is 2.68. The molecule has 0 radical (unpaired) electrons. The van der Waals surface area contributed by atoms with Crippen LogP contribution in [0.1, 0.15) is 24.8 Å². The summed E-state index contributed by atoms with van der Waals surface area (Å²) in [5, 5.41) is 0.763. The smallest absolute Gasteiger partial charge is 0.225 e. The molecule has 100 valence electrons. The predicted molar refractivity (Wildman–Crippen MR) is 77.9 cm³/mol. The largest absolute Gasteiger partial charge is 0.342 e. The molecule has 1 amide bonds. The van der Waals surface area contributed by atoms with Crippen molar-refractivity contribution in [2.75, 3.05) is 13.1 Å². The Morgan fingerprint density at radius 2 is 1.95 bits per heavy atom. The summed E-state index contributed by atoms with van der Waals surface area (Å²) in [6, 6.07) is 7.83. The van der Waals surface area contributed by atoms with Crippen LogP contribution in [-0.4, -0.2) is 23.9 Å². The fraction of sp³-hybridized carbons (Fsp3) is 0.438. The van der Waals surface area contributed by atoms with E-state index in [0.29, 0.717) is 17.7 Å². The summed E-state index contributed by atoms with van der Waals surface area (Å²) in [5.41, 5.74) is 1.16. The number of carbonyl (C=O) groups is 1. The molecule has 1 saturated carbocycles. The molecule has 3 rings (SSSR count). The lowest BCUT2D eigenvalue weighted by molar-refractivity contribution is -0.131. The van der Waals surface area contributed by atoms with Crippen molar-refractivity contribution in [1.82, 2.24) is 4.90 Å². The van der Waals surface area contributed by atoms with Crippen LogP contribution in [0.15, 0.2) is 30.3 Å². The lowest BCUT2D eigenvalue weighted by Gasteiger charge is -2.15. The van der Waals surface area contributed by atoms with Crippen LogP contribution in [0.5, 0.6) is 0 Å². The van der Waals surface area contributed by atoms with Crippen LogP contribution in [0.25, 0.3) is 6.08 Å². The number of hydrogen-bond donors (Lipinski definition) is 0. The van der Waals surface area contributed by atoms with Crippen molar-refractivity contribution in [3.8, 4) is 0 Å². The number of halogens is 1. The Kier molecular flexibility index (Phi) is 3.61. The van der Waals surface area contributed by atoms with Crippen molar-refractivity contribution in [3.63, 3.8) is 0 Å². The van der Waals surface area contributed by atoms with Crippen molar-refractivity contribution in [1.29, 1.82) is 0 Å². The molecule has 2 fully saturated rings. The Bertz CT molecular complexity index is 490. The molecule has 0 N–H and O–H groups in total. The first-order valence-electron chi connectivity index (χ1n) is 6.95. The maximum atomic E-state index is 12.0. The molecular weight excluding hydrogens is 258 g/mol. The Balaban J connectivity index is 1.56. The minimum atomic E-state index is 0.346. The summed E-state index contributed by atoms with van der Waals surface area (Å²) in [7, 11) is 0. The SMILES string of the molecule is O=C(C1CC1)N1CC[C@H](/C=C/c2ccc(Cl)cc2)C1. The van der Waals surface area contributed by atoms with Gasteiger partial charge in [0.15, 0.2) is 0 Å². The lowest BCUT2D eigenvalue weighted by Crippen LogP contribution is -2.29. The van der Waals surface area contributed by atoms with Crippen molar-refractivity contribution in [3.05, 3.63) is 40.9 Å². The first-order chi connectivity index (χ1) is 9.22. The zero-order chi connectivity index (χ0) is 13.2. The molecule has 0 bridgehead atoms. The quantitative estimate of drug-likeness (QED) is 0.825. The first kappa shape index (κ1) is 12.7. The van der Waals surface area contributed by atoms with Gasteiger partial charge >= 0.3 is 0 Å². The number of benzene rings is 1. The van der Waals surface area contributed by atoms with E-state index in [4.69, 9.17) is 11.6 Å². The van der Waals surface area contributed by atoms with E-state index < -0.39 is 0 Å². The van der Waals surface area contributed by atoms with Crippen LogP contribution in [0.4, 0.5) is 0 Å². The van der Waals surface area contributed by atoms with Gasteiger partial charge in [0.1, 0.15) is 0 Å². The second-order valence-corrected chi connectivity index (χ2v) is 5.95. The lowest BCUT2D eigenvalue weighted by atomic mass is 10.1. The van der Waals surface area contributed by atoms with E-state index in [1.54, 1.807) is 0 Å². The zero-order valence-electron chi connectivity index (χ0n) is 10.9. The van der Waals surface area contributed by atoms with Gasteiger partial charge in [-0.05, 0) is 42.9 Å². The Morgan fingerprint density at radius 1 is 1.21 bits per heavy atom. The van der Waals surface area contributed by atoms with Gasteiger partial charge in [-0.2, -0.15) is 0 Å². The van der Waals surface area contributed by atoms with Crippen molar-refractivity contribution in [2.24, 2.45) is 11.8 Å². The van der Waals surface area contributed by atoms with Crippen molar-refractivity contribution >= 4 is 23.6 Å². The van der Waals surface area contributed by atoms with Gasteiger partial charge in [-0.15, -0.1) is 0 Å². The average Bonchev–Trinajstić information content (AvgIpc) is 3.16. The molecule has 1 aromatic carbocycles. The Labute approximate surface area is 119 Å². The molecule has 19 heavy (non-hydrogen) atoms. The molecule has 1 aliphatic heterocycles. The minimum Gasteiger partial charge on any atom is -0.342 e. The summed E-state index contributed by atoms with van der Waals surface area (Å²) in [6.07, 6.45) is 7.64. The van der Waals surface area contributed by atoms with Gasteiger partial charge in [-0.3, -0.25) is 4.79 Å². The number of nitrogens with zero attached hydrogens (tertiary/aromatic N) is 1. The number of likely N-dealkylation sites (tertiary alicyclic amines) is 1. The van der Waals surface area contributed by atoms with E-state index >= 15 is 0 Å². The third-order valence-electron chi connectivity index (χ3n) is 3.89. The van der Waals surface area contributed by atoms with E-state index in [1.165, 1.54) is 0 Å². The number of amides is 1. The van der Waals surface area contributed by atoms with Crippen LogP contribution in [-0.2, 0) is 4.79 Å². The predicted octanol–water partition coefficient (Wildman–Crippen LogP) is 3.61. The van der Waals surface area contributed by atoms with Crippen LogP contribution >= 0.6 is 11.6 Å². The van der Waals surface area contributed by atoms with Gasteiger partial charge in [0.25, 0.3) is 0 Å². The molecule has 1 aromatic rings. The number of carbonyl (C=O) groups excluding carboxylic acids is 1. The molecular formula is C16H18ClNO. The molecule has 0 aromatic heterocycles. The fourth-order valence-electron chi connectivity index (χ4n) is 2.55. The standard InChI is InChI=1S/C16H18ClNO/c17-15-7-3-12(4-8-15)1-2-13-9-10-18(11-13)16(19)14-5-6-14/h1-4,7-8,13-14H,5-6,9-11H2/b2-1+/t13-/m0/s1. The summed E-state index contributed by atoms with van der Waals surface area (Å²) in [5.74, 6) is 1.22. The summed E-state index contributed by atoms with van der Waals surface area (Å²) in [4.78, 5) is 14.0. The summed E-state index contributed by atoms with van der Waals surface area (Å²) < 4.78 is 0. The Hall–Kier alpha value is -1.28. The molecule has 2 aliphatic rings. The third-order valence-corrected chi connectivity index (χ3v) is 4.15. The molecule has 2 nitrogen and oxygen atoms in total. The normalized spacial score (nSPS) is 23.2. The molecule has 3 heteroatoms. The van der Waals surface area contributed by atoms with E-state index in [0.717, 1.165) is 42.9 Å². The highest BCUT2D eigenvalue weighted by atomic mass is 35.5. The van der Waals surface area contributed by atoms with Crippen LogP contribution < -0.4 is 0 Å². The average molecular weight is 276 g/mol. The molecule has 1 saturated heterocycles. The molecule has 1 aliphatic carbocycles. The number of hydrogen-bond acceptors (Lipinski definition) is 1. The maximum Gasteiger partial charge on any atom is 0.225 e. The van der Waals surface area contributed by atoms with E-state index in [2.05, 4.69) is 12.2 Å². The molecule has 1 heterocycles. The van der Waals surface area contributed by atoms with Gasteiger partial charge in [0.05, 0.1) is 0 Å². The van der Waals surface area contributed by atoms with Gasteiger partial charge in [0.2, 0.25) is 5.91 Å². The first-order valence-corrected chi connectivity index (χ1v) is 7.33. The van der Waals surface area contributed by atoms with Crippen LogP contribution in [0, 0.1) is 11.8 Å². The number of rotatable bonds is 3. The second-order valence-electron chi connectivity index (χ2n) is 5.52. The third kappa shape index (κ3) is 3.19. The Morgan fingerprint density at radius 3 is 2.63 bits per heavy atom. The molecule has 0 spiro atoms. The summed E-state index contributed by atoms with van der Waals surface area (Å²) >= 11 is 5.86. The van der Waals surface area contributed by atoms with E-state index in [-0.39, 0.29) is 0 Å². The van der Waals surface area contributed by atoms with Gasteiger partial charge in [-0.1, -0.05) is 35.9 Å². The van der Waals surface area contributed by atoms with Crippen LogP contribution in [0.3, 0.4) is 0 Å². The maximum absolute atomic E-state index is 12.0. The highest BCUT2D eigenvalue weighted by molar-refractivity contribution is 6.30. The van der Waals surface area contributed by atoms with Gasteiger partial charge in [0, 0.05) is 24.0 Å². The molecule has 0 unspecified atom stereocenters. The van der Waals surface area contributed by atoms with E-state index in [1.807, 2.05) is 29.2 Å². The molecule has 1 atom stereocenters. The van der Waals surface area contributed by atoms with Gasteiger partial charge < -0.3 is 4.90 Å². The van der Waals surface area contributed by atoms with Crippen LogP contribution in [0.2, 0.25) is 5.02 Å². The van der Waals surface area contributed by atoms with Crippen molar-refractivity contribution < 1.29 is 4.79 Å². The monoisotopic (exact) mass is 275 g/mol. The van der Waals surface area contributed by atoms with E-state index in [9.17, 15) is 4.79 Å². The second kappa shape index (κ2) is 5.38. The topological polar surface area (TPSA) is 20.3 Å². The van der Waals surface area contributed by atoms with Crippen molar-refractivity contribution in [2.45, 2.75) is 19.3 Å².